The van der Waals surface area contributed by atoms with Gasteiger partial charge in [0.05, 0.1) is 12.6 Å². The molecule has 130 valence electrons. The standard InChI is InChI=1S/C18H20N4O2S/c1-12-4-6-13(7-5-12)14(23)10-22-11-19-16-15(17(22)24)25-18(20-16)21-8-2-3-9-21/h4-7,11,14,23H,2-3,8-10H2,1H3. The van der Waals surface area contributed by atoms with Crippen LogP contribution >= 0.6 is 11.3 Å². The van der Waals surface area contributed by atoms with Crippen LogP contribution in [0.15, 0.2) is 35.4 Å². The molecule has 1 aromatic carbocycles. The summed E-state index contributed by atoms with van der Waals surface area (Å²) in [5, 5.41) is 11.3. The number of hydrogen-bond acceptors (Lipinski definition) is 6. The molecule has 25 heavy (non-hydrogen) atoms. The van der Waals surface area contributed by atoms with Crippen molar-refractivity contribution in [2.45, 2.75) is 32.4 Å². The van der Waals surface area contributed by atoms with Crippen molar-refractivity contribution < 1.29 is 5.11 Å². The number of thiazole rings is 1. The van der Waals surface area contributed by atoms with Crippen molar-refractivity contribution in [2.24, 2.45) is 0 Å². The van der Waals surface area contributed by atoms with E-state index in [1.54, 1.807) is 0 Å². The molecule has 1 unspecified atom stereocenters. The van der Waals surface area contributed by atoms with E-state index in [9.17, 15) is 9.90 Å². The van der Waals surface area contributed by atoms with Gasteiger partial charge in [-0.2, -0.15) is 4.98 Å². The van der Waals surface area contributed by atoms with Crippen molar-refractivity contribution in [1.82, 2.24) is 14.5 Å². The number of aryl methyl sites for hydroxylation is 1. The van der Waals surface area contributed by atoms with Gasteiger partial charge in [0.2, 0.25) is 0 Å². The minimum atomic E-state index is -0.747. The summed E-state index contributed by atoms with van der Waals surface area (Å²) in [5.74, 6) is 0. The number of rotatable bonds is 4. The van der Waals surface area contributed by atoms with Gasteiger partial charge in [-0.3, -0.25) is 9.36 Å². The van der Waals surface area contributed by atoms with E-state index in [0.29, 0.717) is 10.3 Å². The Kier molecular flexibility index (Phi) is 4.27. The molecule has 0 aliphatic carbocycles. The molecule has 6 nitrogen and oxygen atoms in total. The predicted molar refractivity (Wildman–Crippen MR) is 99.3 cm³/mol. The Morgan fingerprint density at radius 2 is 1.96 bits per heavy atom. The van der Waals surface area contributed by atoms with Crippen molar-refractivity contribution in [3.05, 3.63) is 52.1 Å². The number of benzene rings is 1. The van der Waals surface area contributed by atoms with Gasteiger partial charge in [0.25, 0.3) is 5.56 Å². The van der Waals surface area contributed by atoms with Crippen LogP contribution in [0.3, 0.4) is 0 Å². The molecule has 4 rings (SSSR count). The third-order valence-corrected chi connectivity index (χ3v) is 5.67. The zero-order valence-corrected chi connectivity index (χ0v) is 14.9. The lowest BCUT2D eigenvalue weighted by Crippen LogP contribution is -2.23. The third-order valence-electron chi connectivity index (χ3n) is 4.58. The van der Waals surface area contributed by atoms with Crippen LogP contribution in [0.25, 0.3) is 10.3 Å². The summed E-state index contributed by atoms with van der Waals surface area (Å²) >= 11 is 1.40. The minimum Gasteiger partial charge on any atom is -0.387 e. The van der Waals surface area contributed by atoms with Gasteiger partial charge in [0, 0.05) is 13.1 Å². The number of hydrogen-bond donors (Lipinski definition) is 1. The second kappa shape index (κ2) is 6.57. The van der Waals surface area contributed by atoms with Gasteiger partial charge >= 0.3 is 0 Å². The van der Waals surface area contributed by atoms with Crippen LogP contribution in [0, 0.1) is 6.92 Å². The highest BCUT2D eigenvalue weighted by molar-refractivity contribution is 7.22. The number of fused-ring (bicyclic) bond motifs is 1. The molecule has 1 aliphatic heterocycles. The molecule has 1 atom stereocenters. The topological polar surface area (TPSA) is 71.2 Å². The van der Waals surface area contributed by atoms with Gasteiger partial charge in [-0.1, -0.05) is 41.2 Å². The first-order valence-electron chi connectivity index (χ1n) is 8.47. The Morgan fingerprint density at radius 1 is 1.24 bits per heavy atom. The molecule has 2 aromatic heterocycles. The molecule has 7 heteroatoms. The number of aliphatic hydroxyl groups excluding tert-OH is 1. The molecule has 3 aromatic rings. The first-order valence-corrected chi connectivity index (χ1v) is 9.29. The molecular formula is C18H20N4O2S. The first kappa shape index (κ1) is 16.2. The van der Waals surface area contributed by atoms with Gasteiger partial charge in [-0.25, -0.2) is 4.98 Å². The summed E-state index contributed by atoms with van der Waals surface area (Å²) in [6.07, 6.45) is 3.06. The number of nitrogens with zero attached hydrogens (tertiary/aromatic N) is 4. The lowest BCUT2D eigenvalue weighted by atomic mass is 10.1. The largest absolute Gasteiger partial charge is 0.387 e. The smallest absolute Gasteiger partial charge is 0.273 e. The summed E-state index contributed by atoms with van der Waals surface area (Å²) in [4.78, 5) is 23.8. The van der Waals surface area contributed by atoms with Crippen molar-refractivity contribution in [3.8, 4) is 0 Å². The van der Waals surface area contributed by atoms with E-state index in [1.165, 1.54) is 22.2 Å². The van der Waals surface area contributed by atoms with E-state index in [2.05, 4.69) is 14.9 Å². The van der Waals surface area contributed by atoms with Crippen molar-refractivity contribution in [3.63, 3.8) is 0 Å². The molecule has 0 bridgehead atoms. The fraction of sp³-hybridized carbons (Fsp3) is 0.389. The summed E-state index contributed by atoms with van der Waals surface area (Å²) in [5.41, 5.74) is 2.28. The normalized spacial score (nSPS) is 15.8. The van der Waals surface area contributed by atoms with E-state index in [1.807, 2.05) is 31.2 Å². The monoisotopic (exact) mass is 356 g/mol. The zero-order valence-electron chi connectivity index (χ0n) is 14.1. The molecule has 1 fully saturated rings. The maximum Gasteiger partial charge on any atom is 0.273 e. The van der Waals surface area contributed by atoms with Gasteiger partial charge in [-0.05, 0) is 25.3 Å². The van der Waals surface area contributed by atoms with E-state index in [4.69, 9.17) is 0 Å². The number of aromatic nitrogens is 3. The van der Waals surface area contributed by atoms with Gasteiger partial charge < -0.3 is 10.0 Å². The predicted octanol–water partition coefficient (Wildman–Crippen LogP) is 2.50. The van der Waals surface area contributed by atoms with Crippen LogP contribution in [-0.2, 0) is 6.54 Å². The quantitative estimate of drug-likeness (QED) is 0.778. The molecule has 0 spiro atoms. The second-order valence-electron chi connectivity index (χ2n) is 6.47. The molecule has 3 heterocycles. The van der Waals surface area contributed by atoms with Crippen molar-refractivity contribution >= 4 is 26.8 Å². The van der Waals surface area contributed by atoms with Gasteiger partial charge in [0.15, 0.2) is 10.8 Å². The molecule has 0 amide bonds. The molecule has 1 N–H and O–H groups in total. The van der Waals surface area contributed by atoms with Crippen LogP contribution in [0.5, 0.6) is 0 Å². The second-order valence-corrected chi connectivity index (χ2v) is 7.45. The summed E-state index contributed by atoms with van der Waals surface area (Å²) in [6, 6.07) is 7.67. The van der Waals surface area contributed by atoms with Gasteiger partial charge in [-0.15, -0.1) is 0 Å². The summed E-state index contributed by atoms with van der Waals surface area (Å²) < 4.78 is 2.03. The highest BCUT2D eigenvalue weighted by Gasteiger charge is 2.19. The van der Waals surface area contributed by atoms with E-state index < -0.39 is 6.10 Å². The van der Waals surface area contributed by atoms with Crippen LogP contribution in [-0.4, -0.2) is 32.7 Å². The lowest BCUT2D eigenvalue weighted by Gasteiger charge is -2.12. The van der Waals surface area contributed by atoms with Crippen molar-refractivity contribution in [2.75, 3.05) is 18.0 Å². The Morgan fingerprint density at radius 3 is 2.68 bits per heavy atom. The molecule has 1 saturated heterocycles. The van der Waals surface area contributed by atoms with Crippen LogP contribution in [0.4, 0.5) is 5.13 Å². The summed E-state index contributed by atoms with van der Waals surface area (Å²) in [6.45, 7) is 4.16. The van der Waals surface area contributed by atoms with Crippen LogP contribution in [0.2, 0.25) is 0 Å². The van der Waals surface area contributed by atoms with Crippen molar-refractivity contribution in [1.29, 1.82) is 0 Å². The average molecular weight is 356 g/mol. The molecule has 0 saturated carbocycles. The van der Waals surface area contributed by atoms with E-state index >= 15 is 0 Å². The number of aliphatic hydroxyl groups is 1. The molecule has 1 aliphatic rings. The highest BCUT2D eigenvalue weighted by Crippen LogP contribution is 2.28. The third kappa shape index (κ3) is 3.17. The minimum absolute atomic E-state index is 0.140. The summed E-state index contributed by atoms with van der Waals surface area (Å²) in [7, 11) is 0. The lowest BCUT2D eigenvalue weighted by molar-refractivity contribution is 0.155. The molecule has 0 radical (unpaired) electrons. The van der Waals surface area contributed by atoms with Crippen LogP contribution in [0.1, 0.15) is 30.1 Å². The zero-order chi connectivity index (χ0) is 17.4. The first-order chi connectivity index (χ1) is 12.1. The SMILES string of the molecule is Cc1ccc(C(O)Cn2cnc3nc(N4CCCC4)sc3c2=O)cc1. The Balaban J connectivity index is 1.62. The fourth-order valence-corrected chi connectivity index (χ4v) is 4.11. The highest BCUT2D eigenvalue weighted by atomic mass is 32.1. The maximum atomic E-state index is 12.7. The van der Waals surface area contributed by atoms with E-state index in [0.717, 1.165) is 42.2 Å². The van der Waals surface area contributed by atoms with Crippen LogP contribution < -0.4 is 10.5 Å². The number of anilines is 1. The Labute approximate surface area is 149 Å². The van der Waals surface area contributed by atoms with Gasteiger partial charge in [0.1, 0.15) is 11.0 Å². The Bertz CT molecular complexity index is 942. The maximum absolute atomic E-state index is 12.7. The fourth-order valence-electron chi connectivity index (χ4n) is 3.09. The Hall–Kier alpha value is -2.25. The van der Waals surface area contributed by atoms with E-state index in [-0.39, 0.29) is 12.1 Å². The average Bonchev–Trinajstić information content (AvgIpc) is 3.27. The molecular weight excluding hydrogens is 336 g/mol.